The summed E-state index contributed by atoms with van der Waals surface area (Å²) in [5.41, 5.74) is 0. The summed E-state index contributed by atoms with van der Waals surface area (Å²) < 4.78 is 55.2. The van der Waals surface area contributed by atoms with E-state index in [0.29, 0.717) is 13.2 Å². The zero-order valence-electron chi connectivity index (χ0n) is 8.83. The van der Waals surface area contributed by atoms with Crippen molar-refractivity contribution in [3.05, 3.63) is 0 Å². The Bertz CT molecular complexity index is 429. The molecule has 0 aliphatic rings. The van der Waals surface area contributed by atoms with Gasteiger partial charge in [0, 0.05) is 12.8 Å². The molecule has 0 aliphatic heterocycles. The molecule has 100 valence electrons. The summed E-state index contributed by atoms with van der Waals surface area (Å²) in [6.07, 6.45) is -4.64. The van der Waals surface area contributed by atoms with Crippen LogP contribution in [0.5, 0.6) is 0 Å². The first-order valence-electron chi connectivity index (χ1n) is 4.10. The maximum Gasteiger partial charge on any atom is 0.471 e. The van der Waals surface area contributed by atoms with Crippen LogP contribution in [0.4, 0.5) is 13.2 Å². The van der Waals surface area contributed by atoms with Gasteiger partial charge in [-0.2, -0.15) is 13.2 Å². The van der Waals surface area contributed by atoms with Gasteiger partial charge in [-0.05, 0) is 6.92 Å². The predicted octanol–water partition coefficient (Wildman–Crippen LogP) is -0.447. The minimum atomic E-state index is -5.20. The highest BCUT2D eigenvalue weighted by Crippen LogP contribution is 2.18. The van der Waals surface area contributed by atoms with E-state index >= 15 is 0 Å². The number of carbonyl (C=O) groups is 2. The number of amides is 1. The van der Waals surface area contributed by atoms with Gasteiger partial charge in [-0.1, -0.05) is 0 Å². The highest BCUT2D eigenvalue weighted by molar-refractivity contribution is 7.92. The molecule has 0 fully saturated rings. The Kier molecular flexibility index (Phi) is 4.16. The minimum Gasteiger partial charge on any atom is -0.480 e. The molecule has 2 N–H and O–H groups in total. The van der Waals surface area contributed by atoms with E-state index in [1.54, 1.807) is 0 Å². The number of carbonyl (C=O) groups excluding carboxylic acids is 1. The Morgan fingerprint density at radius 2 is 1.71 bits per heavy atom. The molecule has 0 aromatic carbocycles. The van der Waals surface area contributed by atoms with Crippen LogP contribution in [0.1, 0.15) is 6.92 Å². The molecule has 0 rings (SSSR count). The number of halogens is 3. The lowest BCUT2D eigenvalue weighted by Gasteiger charge is -2.23. The number of hydrogen-bond donors (Lipinski definition) is 2. The Morgan fingerprint density at radius 3 is 1.94 bits per heavy atom. The molecule has 6 nitrogen and oxygen atoms in total. The maximum absolute atomic E-state index is 11.8. The molecule has 1 unspecified atom stereocenters. The van der Waals surface area contributed by atoms with Crippen LogP contribution in [-0.2, 0) is 19.4 Å². The quantitative estimate of drug-likeness (QED) is 0.725. The number of carboxylic acid groups (broad SMARTS) is 1. The Morgan fingerprint density at radius 1 is 1.29 bits per heavy atom. The Hall–Kier alpha value is -1.32. The molecule has 17 heavy (non-hydrogen) atoms. The van der Waals surface area contributed by atoms with Crippen LogP contribution in [-0.4, -0.2) is 49.1 Å². The average Bonchev–Trinajstić information content (AvgIpc) is 2.09. The summed E-state index contributed by atoms with van der Waals surface area (Å²) in [7, 11) is -4.19. The Balaban J connectivity index is 4.98. The molecule has 0 saturated carbocycles. The van der Waals surface area contributed by atoms with Crippen molar-refractivity contribution in [2.75, 3.05) is 12.8 Å². The number of hydrogen-bond acceptors (Lipinski definition) is 4. The lowest BCUT2D eigenvalue weighted by Crippen LogP contribution is -2.53. The SMILES string of the molecule is CC(CNC(=O)C(F)(F)F)(C(=O)O)S(C)(=O)=O. The van der Waals surface area contributed by atoms with Crippen LogP contribution in [0.2, 0.25) is 0 Å². The summed E-state index contributed by atoms with van der Waals surface area (Å²) in [6.45, 7) is -0.458. The molecule has 0 spiro atoms. The zero-order valence-corrected chi connectivity index (χ0v) is 9.65. The molecule has 0 radical (unpaired) electrons. The van der Waals surface area contributed by atoms with E-state index in [2.05, 4.69) is 0 Å². The van der Waals surface area contributed by atoms with E-state index in [1.165, 1.54) is 5.32 Å². The van der Waals surface area contributed by atoms with Crippen molar-refractivity contribution < 1.29 is 36.3 Å². The number of alkyl halides is 3. The summed E-state index contributed by atoms with van der Waals surface area (Å²) in [6, 6.07) is 0. The third kappa shape index (κ3) is 3.58. The van der Waals surface area contributed by atoms with Crippen molar-refractivity contribution in [2.24, 2.45) is 0 Å². The molecule has 1 atom stereocenters. The van der Waals surface area contributed by atoms with E-state index in [-0.39, 0.29) is 0 Å². The third-order valence-electron chi connectivity index (χ3n) is 2.11. The van der Waals surface area contributed by atoms with Crippen LogP contribution in [0, 0.1) is 0 Å². The first-order chi connectivity index (χ1) is 7.32. The highest BCUT2D eigenvalue weighted by atomic mass is 32.2. The fourth-order valence-electron chi connectivity index (χ4n) is 0.714. The number of carboxylic acids is 1. The van der Waals surface area contributed by atoms with E-state index < -0.39 is 39.2 Å². The van der Waals surface area contributed by atoms with Crippen LogP contribution in [0.3, 0.4) is 0 Å². The summed E-state index contributed by atoms with van der Waals surface area (Å²) in [5.74, 6) is -4.24. The van der Waals surface area contributed by atoms with Crippen LogP contribution in [0.15, 0.2) is 0 Å². The van der Waals surface area contributed by atoms with Gasteiger partial charge in [0.25, 0.3) is 0 Å². The molecule has 0 heterocycles. The standard InChI is InChI=1S/C7H10F3NO5S/c1-6(5(13)14,17(2,15)16)3-11-4(12)7(8,9)10/h3H2,1-2H3,(H,11,12)(H,13,14). The molecule has 0 aromatic rings. The fourth-order valence-corrected chi connectivity index (χ4v) is 1.37. The van der Waals surface area contributed by atoms with Gasteiger partial charge in [-0.15, -0.1) is 0 Å². The number of sulfone groups is 1. The van der Waals surface area contributed by atoms with Gasteiger partial charge in [0.15, 0.2) is 14.6 Å². The Labute approximate surface area is 94.7 Å². The van der Waals surface area contributed by atoms with Crippen molar-refractivity contribution in [1.29, 1.82) is 0 Å². The second-order valence-electron chi connectivity index (χ2n) is 3.49. The van der Waals surface area contributed by atoms with Crippen molar-refractivity contribution in [1.82, 2.24) is 5.32 Å². The normalized spacial score (nSPS) is 16.1. The topological polar surface area (TPSA) is 101 Å². The highest BCUT2D eigenvalue weighted by Gasteiger charge is 2.46. The second-order valence-corrected chi connectivity index (χ2v) is 5.93. The van der Waals surface area contributed by atoms with Crippen molar-refractivity contribution in [3.8, 4) is 0 Å². The summed E-state index contributed by atoms with van der Waals surface area (Å²) in [4.78, 5) is 21.2. The van der Waals surface area contributed by atoms with Crippen LogP contribution >= 0.6 is 0 Å². The van der Waals surface area contributed by atoms with Gasteiger partial charge in [0.05, 0.1) is 0 Å². The molecular formula is C7H10F3NO5S. The zero-order chi connectivity index (χ0) is 14.1. The smallest absolute Gasteiger partial charge is 0.471 e. The molecular weight excluding hydrogens is 267 g/mol. The van der Waals surface area contributed by atoms with Crippen LogP contribution in [0.25, 0.3) is 0 Å². The second kappa shape index (κ2) is 4.51. The molecule has 0 bridgehead atoms. The average molecular weight is 277 g/mol. The monoisotopic (exact) mass is 277 g/mol. The van der Waals surface area contributed by atoms with Gasteiger partial charge in [0.1, 0.15) is 0 Å². The van der Waals surface area contributed by atoms with Gasteiger partial charge >= 0.3 is 18.1 Å². The lowest BCUT2D eigenvalue weighted by molar-refractivity contribution is -0.173. The van der Waals surface area contributed by atoms with Gasteiger partial charge in [-0.25, -0.2) is 8.42 Å². The van der Waals surface area contributed by atoms with E-state index in [1.807, 2.05) is 0 Å². The van der Waals surface area contributed by atoms with Gasteiger partial charge in [0.2, 0.25) is 0 Å². The minimum absolute atomic E-state index is 0.556. The largest absolute Gasteiger partial charge is 0.480 e. The summed E-state index contributed by atoms with van der Waals surface area (Å²) >= 11 is 0. The molecule has 0 aliphatic carbocycles. The van der Waals surface area contributed by atoms with E-state index in [9.17, 15) is 31.2 Å². The maximum atomic E-state index is 11.8. The molecule has 10 heteroatoms. The third-order valence-corrected chi connectivity index (χ3v) is 4.07. The van der Waals surface area contributed by atoms with E-state index in [4.69, 9.17) is 5.11 Å². The van der Waals surface area contributed by atoms with Crippen LogP contribution < -0.4 is 5.32 Å². The lowest BCUT2D eigenvalue weighted by atomic mass is 10.1. The van der Waals surface area contributed by atoms with Gasteiger partial charge in [-0.3, -0.25) is 9.59 Å². The van der Waals surface area contributed by atoms with Crippen molar-refractivity contribution in [2.45, 2.75) is 17.8 Å². The number of aliphatic carboxylic acids is 1. The number of nitrogens with one attached hydrogen (secondary N) is 1. The fraction of sp³-hybridized carbons (Fsp3) is 0.714. The molecule has 1 amide bonds. The van der Waals surface area contributed by atoms with Crippen molar-refractivity contribution in [3.63, 3.8) is 0 Å². The van der Waals surface area contributed by atoms with Crippen molar-refractivity contribution >= 4 is 21.7 Å². The van der Waals surface area contributed by atoms with E-state index in [0.717, 1.165) is 0 Å². The van der Waals surface area contributed by atoms with Gasteiger partial charge < -0.3 is 10.4 Å². The summed E-state index contributed by atoms with van der Waals surface area (Å²) in [5, 5.41) is 9.90. The first-order valence-corrected chi connectivity index (χ1v) is 5.99. The first kappa shape index (κ1) is 15.7. The predicted molar refractivity (Wildman–Crippen MR) is 49.9 cm³/mol. The number of rotatable bonds is 4. The molecule has 0 aromatic heterocycles. The molecule has 0 saturated heterocycles.